The molecule has 0 saturated heterocycles. The summed E-state index contributed by atoms with van der Waals surface area (Å²) in [6.45, 7) is 0. The molecule has 0 atom stereocenters. The highest BCUT2D eigenvalue weighted by Crippen LogP contribution is 2.32. The van der Waals surface area contributed by atoms with Gasteiger partial charge >= 0.3 is 0 Å². The third-order valence-corrected chi connectivity index (χ3v) is 3.10. The number of nitrogens with zero attached hydrogens (tertiary/aromatic N) is 4. The van der Waals surface area contributed by atoms with E-state index in [0.717, 1.165) is 6.07 Å². The van der Waals surface area contributed by atoms with Crippen molar-refractivity contribution in [2.75, 3.05) is 0 Å². The van der Waals surface area contributed by atoms with Crippen LogP contribution >= 0.6 is 0 Å². The first-order chi connectivity index (χ1) is 10.1. The Balaban J connectivity index is 2.45. The van der Waals surface area contributed by atoms with Gasteiger partial charge in [-0.05, 0) is 24.3 Å². The molecule has 1 aromatic carbocycles. The minimum absolute atomic E-state index is 0.0257. The van der Waals surface area contributed by atoms with Crippen LogP contribution in [0.25, 0.3) is 16.6 Å². The first-order valence-corrected chi connectivity index (χ1v) is 5.93. The second-order valence-electron chi connectivity index (χ2n) is 4.26. The fraction of sp³-hybridized carbons (Fsp3) is 0. The number of hydrogen-bond acceptors (Lipinski definition) is 4. The Kier molecular flexibility index (Phi) is 2.84. The lowest BCUT2D eigenvalue weighted by atomic mass is 10.1. The molecule has 6 nitrogen and oxygen atoms in total. The van der Waals surface area contributed by atoms with Gasteiger partial charge in [0.25, 0.3) is 5.69 Å². The zero-order valence-electron chi connectivity index (χ0n) is 10.5. The van der Waals surface area contributed by atoms with Gasteiger partial charge in [-0.2, -0.15) is 5.26 Å². The van der Waals surface area contributed by atoms with E-state index in [-0.39, 0.29) is 28.0 Å². The molecule has 2 heterocycles. The van der Waals surface area contributed by atoms with Gasteiger partial charge in [0.05, 0.1) is 16.4 Å². The first-order valence-electron chi connectivity index (χ1n) is 5.93. The average molecular weight is 282 g/mol. The Morgan fingerprint density at radius 2 is 2.19 bits per heavy atom. The molecule has 7 heteroatoms. The Bertz CT molecular complexity index is 911. The summed E-state index contributed by atoms with van der Waals surface area (Å²) < 4.78 is 15.7. The maximum Gasteiger partial charge on any atom is 0.281 e. The topological polar surface area (TPSA) is 84.8 Å². The second kappa shape index (κ2) is 4.68. The Hall–Kier alpha value is -3.27. The van der Waals surface area contributed by atoms with Gasteiger partial charge in [0, 0.05) is 12.4 Å². The number of aromatic nitrogens is 2. The normalized spacial score (nSPS) is 10.5. The number of nitro groups is 1. The molecule has 21 heavy (non-hydrogen) atoms. The lowest BCUT2D eigenvalue weighted by molar-refractivity contribution is -0.383. The number of non-ortho nitro benzene ring substituents is 1. The number of pyridine rings is 1. The fourth-order valence-electron chi connectivity index (χ4n) is 2.23. The molecule has 0 aliphatic rings. The number of benzene rings is 1. The lowest BCUT2D eigenvalue weighted by Gasteiger charge is -2.10. The number of fused-ring (bicyclic) bond motifs is 1. The van der Waals surface area contributed by atoms with Crippen LogP contribution in [0.2, 0.25) is 0 Å². The van der Waals surface area contributed by atoms with Crippen molar-refractivity contribution >= 4 is 16.6 Å². The van der Waals surface area contributed by atoms with Crippen LogP contribution < -0.4 is 0 Å². The van der Waals surface area contributed by atoms with E-state index >= 15 is 0 Å². The highest BCUT2D eigenvalue weighted by molar-refractivity contribution is 5.94. The molecule has 0 bridgehead atoms. The van der Waals surface area contributed by atoms with Crippen LogP contribution in [0.3, 0.4) is 0 Å². The highest BCUT2D eigenvalue weighted by Gasteiger charge is 2.21. The van der Waals surface area contributed by atoms with Gasteiger partial charge < -0.3 is 4.57 Å². The smallest absolute Gasteiger partial charge is 0.281 e. The molecule has 3 aromatic rings. The predicted molar refractivity (Wildman–Crippen MR) is 72.4 cm³/mol. The number of hydrogen-bond donors (Lipinski definition) is 0. The molecule has 0 saturated carbocycles. The SMILES string of the molecule is N#Cc1cccn1-c1c(F)cc([N+](=O)[O-])c2cccnc12. The van der Waals surface area contributed by atoms with E-state index in [4.69, 9.17) is 5.26 Å². The van der Waals surface area contributed by atoms with Crippen molar-refractivity contribution in [2.45, 2.75) is 0 Å². The zero-order chi connectivity index (χ0) is 15.0. The molecular formula is C14H7FN4O2. The fourth-order valence-corrected chi connectivity index (χ4v) is 2.23. The summed E-state index contributed by atoms with van der Waals surface area (Å²) in [5.41, 5.74) is 0.0226. The van der Waals surface area contributed by atoms with Gasteiger partial charge in [0.15, 0.2) is 5.82 Å². The maximum atomic E-state index is 14.3. The van der Waals surface area contributed by atoms with Crippen LogP contribution in [-0.4, -0.2) is 14.5 Å². The maximum absolute atomic E-state index is 14.3. The van der Waals surface area contributed by atoms with Gasteiger partial charge in [0.2, 0.25) is 0 Å². The quantitative estimate of drug-likeness (QED) is 0.534. The number of halogens is 1. The summed E-state index contributed by atoms with van der Waals surface area (Å²) in [5, 5.41) is 20.3. The highest BCUT2D eigenvalue weighted by atomic mass is 19.1. The van der Waals surface area contributed by atoms with Gasteiger partial charge in [0.1, 0.15) is 23.0 Å². The average Bonchev–Trinajstić information content (AvgIpc) is 2.94. The van der Waals surface area contributed by atoms with Crippen LogP contribution in [-0.2, 0) is 0 Å². The number of nitriles is 1. The molecule has 0 aliphatic heterocycles. The van der Waals surface area contributed by atoms with Crippen LogP contribution in [0, 0.1) is 27.3 Å². The molecule has 0 amide bonds. The first kappa shape index (κ1) is 12.7. The van der Waals surface area contributed by atoms with Gasteiger partial charge in [-0.25, -0.2) is 4.39 Å². The van der Waals surface area contributed by atoms with Crippen LogP contribution in [0.15, 0.2) is 42.7 Å². The van der Waals surface area contributed by atoms with E-state index in [1.165, 1.54) is 35.2 Å². The Morgan fingerprint density at radius 3 is 2.90 bits per heavy atom. The predicted octanol–water partition coefficient (Wildman–Crippen LogP) is 2.94. The molecule has 0 N–H and O–H groups in total. The molecule has 0 fully saturated rings. The standard InChI is InChI=1S/C14H7FN4O2/c15-11-7-12(19(20)21)10-4-1-5-17-13(10)14(11)18-6-2-3-9(18)8-16/h1-7H. The van der Waals surface area contributed by atoms with Crippen molar-refractivity contribution in [2.24, 2.45) is 0 Å². The van der Waals surface area contributed by atoms with Gasteiger partial charge in [-0.3, -0.25) is 15.1 Å². The minimum Gasteiger partial charge on any atom is -0.304 e. The van der Waals surface area contributed by atoms with E-state index < -0.39 is 10.7 Å². The van der Waals surface area contributed by atoms with Crippen LogP contribution in [0.1, 0.15) is 5.69 Å². The van der Waals surface area contributed by atoms with E-state index in [1.807, 2.05) is 6.07 Å². The minimum atomic E-state index is -0.805. The van der Waals surface area contributed by atoms with Crippen molar-refractivity contribution in [3.8, 4) is 11.8 Å². The van der Waals surface area contributed by atoms with E-state index in [9.17, 15) is 14.5 Å². The van der Waals surface area contributed by atoms with Gasteiger partial charge in [-0.15, -0.1) is 0 Å². The lowest BCUT2D eigenvalue weighted by Crippen LogP contribution is -2.03. The summed E-state index contributed by atoms with van der Waals surface area (Å²) in [6, 6.07) is 8.94. The Morgan fingerprint density at radius 1 is 1.38 bits per heavy atom. The van der Waals surface area contributed by atoms with Crippen molar-refractivity contribution in [3.63, 3.8) is 0 Å². The zero-order valence-corrected chi connectivity index (χ0v) is 10.5. The molecule has 0 unspecified atom stereocenters. The molecule has 0 spiro atoms. The van der Waals surface area contributed by atoms with Crippen molar-refractivity contribution in [1.29, 1.82) is 5.26 Å². The summed E-state index contributed by atoms with van der Waals surface area (Å²) in [4.78, 5) is 14.4. The summed E-state index contributed by atoms with van der Waals surface area (Å²) >= 11 is 0. The molecule has 3 rings (SSSR count). The molecule has 0 radical (unpaired) electrons. The van der Waals surface area contributed by atoms with E-state index in [2.05, 4.69) is 4.98 Å². The van der Waals surface area contributed by atoms with Crippen molar-refractivity contribution in [1.82, 2.24) is 9.55 Å². The monoisotopic (exact) mass is 282 g/mol. The van der Waals surface area contributed by atoms with Crippen molar-refractivity contribution in [3.05, 3.63) is 64.4 Å². The molecule has 0 aliphatic carbocycles. The third kappa shape index (κ3) is 1.90. The third-order valence-electron chi connectivity index (χ3n) is 3.10. The Labute approximate surface area is 117 Å². The second-order valence-corrected chi connectivity index (χ2v) is 4.26. The molecule has 2 aromatic heterocycles. The van der Waals surface area contributed by atoms with Crippen molar-refractivity contribution < 1.29 is 9.31 Å². The molecule has 102 valence electrons. The molecular weight excluding hydrogens is 275 g/mol. The number of nitro benzene ring substituents is 1. The summed E-state index contributed by atoms with van der Waals surface area (Å²) in [6.07, 6.45) is 2.93. The summed E-state index contributed by atoms with van der Waals surface area (Å²) in [7, 11) is 0. The largest absolute Gasteiger partial charge is 0.304 e. The number of rotatable bonds is 2. The van der Waals surface area contributed by atoms with Crippen LogP contribution in [0.5, 0.6) is 0 Å². The van der Waals surface area contributed by atoms with Crippen LogP contribution in [0.4, 0.5) is 10.1 Å². The van der Waals surface area contributed by atoms with E-state index in [0.29, 0.717) is 0 Å². The van der Waals surface area contributed by atoms with Gasteiger partial charge in [-0.1, -0.05) is 0 Å². The van der Waals surface area contributed by atoms with E-state index in [1.54, 1.807) is 6.07 Å². The summed E-state index contributed by atoms with van der Waals surface area (Å²) in [5.74, 6) is -0.805.